The van der Waals surface area contributed by atoms with E-state index in [0.29, 0.717) is 11.5 Å². The molecule has 0 bridgehead atoms. The summed E-state index contributed by atoms with van der Waals surface area (Å²) in [5.41, 5.74) is 3.69. The maximum Gasteiger partial charge on any atom is 0.132 e. The number of rotatable bonds is 4. The molecule has 0 nitrogen and oxygen atoms in total. The Hall–Kier alpha value is -2.07. The van der Waals surface area contributed by atoms with Crippen LogP contribution in [0.25, 0.3) is 11.1 Å². The highest BCUT2D eigenvalue weighted by atomic mass is 19.1. The van der Waals surface area contributed by atoms with Gasteiger partial charge in [-0.1, -0.05) is 62.4 Å². The Bertz CT molecular complexity index is 768. The second-order valence-corrected chi connectivity index (χ2v) is 7.72. The minimum Gasteiger partial charge on any atom is -0.206 e. The van der Waals surface area contributed by atoms with Gasteiger partial charge in [-0.25, -0.2) is 4.39 Å². The van der Waals surface area contributed by atoms with E-state index in [0.717, 1.165) is 23.5 Å². The molecule has 1 saturated carbocycles. The van der Waals surface area contributed by atoms with E-state index in [9.17, 15) is 4.39 Å². The van der Waals surface area contributed by atoms with Gasteiger partial charge in [0, 0.05) is 17.0 Å². The number of hydrogen-bond acceptors (Lipinski definition) is 0. The third kappa shape index (κ3) is 4.98. The van der Waals surface area contributed by atoms with Crippen LogP contribution in [0.1, 0.15) is 63.5 Å². The van der Waals surface area contributed by atoms with Gasteiger partial charge in [0.25, 0.3) is 0 Å². The fourth-order valence-corrected chi connectivity index (χ4v) is 3.65. The number of aryl methyl sites for hydroxylation is 1. The van der Waals surface area contributed by atoms with Crippen molar-refractivity contribution in [3.63, 3.8) is 0 Å². The number of hydrogen-bond donors (Lipinski definition) is 0. The van der Waals surface area contributed by atoms with Gasteiger partial charge >= 0.3 is 0 Å². The smallest absolute Gasteiger partial charge is 0.132 e. The molecule has 26 heavy (non-hydrogen) atoms. The molecular weight excluding hydrogens is 319 g/mol. The molecule has 1 aliphatic carbocycles. The van der Waals surface area contributed by atoms with E-state index in [1.807, 2.05) is 24.3 Å². The lowest BCUT2D eigenvalue weighted by molar-refractivity contribution is 0.337. The molecule has 1 heteroatoms. The van der Waals surface area contributed by atoms with E-state index in [2.05, 4.69) is 37.8 Å². The van der Waals surface area contributed by atoms with Gasteiger partial charge in [-0.05, 0) is 67.7 Å². The maximum absolute atomic E-state index is 14.6. The second-order valence-electron chi connectivity index (χ2n) is 7.72. The Morgan fingerprint density at radius 3 is 2.38 bits per heavy atom. The van der Waals surface area contributed by atoms with Crippen LogP contribution in [0.2, 0.25) is 0 Å². The van der Waals surface area contributed by atoms with Crippen LogP contribution in [0, 0.1) is 29.5 Å². The summed E-state index contributed by atoms with van der Waals surface area (Å²) in [4.78, 5) is 0. The van der Waals surface area contributed by atoms with Crippen molar-refractivity contribution >= 4 is 0 Å². The highest BCUT2D eigenvalue weighted by molar-refractivity contribution is 5.65. The SMILES string of the molecule is CCCCc1ccc(-c2ccc(C#C[C@H]3CC[C@H](C)CC3)cc2F)cc1. The van der Waals surface area contributed by atoms with Crippen molar-refractivity contribution in [3.8, 4) is 23.0 Å². The van der Waals surface area contributed by atoms with Crippen LogP contribution in [-0.4, -0.2) is 0 Å². The summed E-state index contributed by atoms with van der Waals surface area (Å²) >= 11 is 0. The van der Waals surface area contributed by atoms with Crippen LogP contribution >= 0.6 is 0 Å². The molecule has 0 unspecified atom stereocenters. The lowest BCUT2D eigenvalue weighted by Gasteiger charge is -2.21. The van der Waals surface area contributed by atoms with Gasteiger partial charge in [0.15, 0.2) is 0 Å². The van der Waals surface area contributed by atoms with Crippen molar-refractivity contribution in [2.45, 2.75) is 58.8 Å². The molecule has 0 heterocycles. The summed E-state index contributed by atoms with van der Waals surface area (Å²) in [7, 11) is 0. The molecule has 3 rings (SSSR count). The molecule has 0 aromatic heterocycles. The molecule has 0 spiro atoms. The van der Waals surface area contributed by atoms with Crippen LogP contribution in [-0.2, 0) is 6.42 Å². The first-order valence-electron chi connectivity index (χ1n) is 10.1. The van der Waals surface area contributed by atoms with Crippen LogP contribution in [0.4, 0.5) is 4.39 Å². The fourth-order valence-electron chi connectivity index (χ4n) is 3.65. The summed E-state index contributed by atoms with van der Waals surface area (Å²) in [6.07, 6.45) is 8.37. The Morgan fingerprint density at radius 1 is 1.00 bits per heavy atom. The Kier molecular flexibility index (Phi) is 6.51. The molecule has 1 fully saturated rings. The molecule has 136 valence electrons. The Morgan fingerprint density at radius 2 is 1.73 bits per heavy atom. The summed E-state index contributed by atoms with van der Waals surface area (Å²) < 4.78 is 14.6. The quantitative estimate of drug-likeness (QED) is 0.521. The van der Waals surface area contributed by atoms with Gasteiger partial charge in [0.1, 0.15) is 5.82 Å². The standard InChI is InChI=1S/C25H29F/c1-3-4-5-20-12-15-23(16-13-20)24-17-14-22(18-25(24)26)11-10-21-8-6-19(2)7-9-21/h12-19,21H,3-9H2,1-2H3/t19-,21-. The number of unbranched alkanes of at least 4 members (excludes halogenated alkanes) is 1. The maximum atomic E-state index is 14.6. The highest BCUT2D eigenvalue weighted by Gasteiger charge is 2.16. The zero-order chi connectivity index (χ0) is 18.4. The van der Waals surface area contributed by atoms with Crippen molar-refractivity contribution in [2.24, 2.45) is 11.8 Å². The van der Waals surface area contributed by atoms with Crippen LogP contribution in [0.5, 0.6) is 0 Å². The van der Waals surface area contributed by atoms with E-state index in [-0.39, 0.29) is 5.82 Å². The summed E-state index contributed by atoms with van der Waals surface area (Å²) in [6, 6.07) is 13.7. The van der Waals surface area contributed by atoms with Gasteiger partial charge in [-0.2, -0.15) is 0 Å². The second kappa shape index (κ2) is 9.04. The molecule has 2 aromatic carbocycles. The third-order valence-corrected chi connectivity index (χ3v) is 5.49. The van der Waals surface area contributed by atoms with Gasteiger partial charge in [0.05, 0.1) is 0 Å². The van der Waals surface area contributed by atoms with E-state index in [4.69, 9.17) is 0 Å². The zero-order valence-corrected chi connectivity index (χ0v) is 16.0. The molecule has 2 aromatic rings. The predicted octanol–water partition coefficient (Wildman–Crippen LogP) is 7.01. The summed E-state index contributed by atoms with van der Waals surface area (Å²) in [5, 5.41) is 0. The van der Waals surface area contributed by atoms with Crippen molar-refractivity contribution in [1.82, 2.24) is 0 Å². The average Bonchev–Trinajstić information content (AvgIpc) is 2.66. The molecule has 0 radical (unpaired) electrons. The molecule has 0 amide bonds. The van der Waals surface area contributed by atoms with Crippen LogP contribution in [0.3, 0.4) is 0 Å². The molecule has 0 aliphatic heterocycles. The van der Waals surface area contributed by atoms with Crippen molar-refractivity contribution < 1.29 is 4.39 Å². The van der Waals surface area contributed by atoms with Crippen molar-refractivity contribution in [2.75, 3.05) is 0 Å². The van der Waals surface area contributed by atoms with Crippen molar-refractivity contribution in [3.05, 3.63) is 59.4 Å². The van der Waals surface area contributed by atoms with Gasteiger partial charge < -0.3 is 0 Å². The van der Waals surface area contributed by atoms with Crippen molar-refractivity contribution in [1.29, 1.82) is 0 Å². The minimum absolute atomic E-state index is 0.185. The van der Waals surface area contributed by atoms with Crippen LogP contribution < -0.4 is 0 Å². The van der Waals surface area contributed by atoms with Gasteiger partial charge in [0.2, 0.25) is 0 Å². The summed E-state index contributed by atoms with van der Waals surface area (Å²) in [5.74, 6) is 7.67. The van der Waals surface area contributed by atoms with E-state index in [1.54, 1.807) is 6.07 Å². The molecule has 0 saturated heterocycles. The van der Waals surface area contributed by atoms with E-state index >= 15 is 0 Å². The highest BCUT2D eigenvalue weighted by Crippen LogP contribution is 2.28. The minimum atomic E-state index is -0.185. The molecular formula is C25H29F. The monoisotopic (exact) mass is 348 g/mol. The largest absolute Gasteiger partial charge is 0.206 e. The molecule has 0 atom stereocenters. The van der Waals surface area contributed by atoms with E-state index < -0.39 is 0 Å². The first-order chi connectivity index (χ1) is 12.7. The first kappa shape index (κ1) is 18.7. The lowest BCUT2D eigenvalue weighted by Crippen LogP contribution is -2.10. The molecule has 0 N–H and O–H groups in total. The Balaban J connectivity index is 1.69. The zero-order valence-electron chi connectivity index (χ0n) is 16.0. The average molecular weight is 349 g/mol. The van der Waals surface area contributed by atoms with E-state index in [1.165, 1.54) is 44.1 Å². The normalized spacial score (nSPS) is 19.7. The third-order valence-electron chi connectivity index (χ3n) is 5.49. The first-order valence-corrected chi connectivity index (χ1v) is 10.1. The topological polar surface area (TPSA) is 0 Å². The Labute approximate surface area is 157 Å². The van der Waals surface area contributed by atoms with Gasteiger partial charge in [-0.15, -0.1) is 0 Å². The number of halogens is 1. The van der Waals surface area contributed by atoms with Crippen LogP contribution in [0.15, 0.2) is 42.5 Å². The van der Waals surface area contributed by atoms with Gasteiger partial charge in [-0.3, -0.25) is 0 Å². The fraction of sp³-hybridized carbons (Fsp3) is 0.440. The summed E-state index contributed by atoms with van der Waals surface area (Å²) in [6.45, 7) is 4.51. The number of benzene rings is 2. The lowest BCUT2D eigenvalue weighted by atomic mass is 9.83. The molecule has 1 aliphatic rings. The predicted molar refractivity (Wildman–Crippen MR) is 108 cm³/mol.